The van der Waals surface area contributed by atoms with Gasteiger partial charge in [-0.3, -0.25) is 9.78 Å². The number of aromatic nitrogens is 2. The summed E-state index contributed by atoms with van der Waals surface area (Å²) in [6.45, 7) is 0. The SMILES string of the molecule is [2H]c1ccc(-c2[nH]c(=O)ccc2F)nc1. The van der Waals surface area contributed by atoms with E-state index in [0.717, 1.165) is 12.1 Å². The van der Waals surface area contributed by atoms with Gasteiger partial charge in [0.05, 0.1) is 7.06 Å². The zero-order valence-electron chi connectivity index (χ0n) is 8.12. The lowest BCUT2D eigenvalue weighted by Crippen LogP contribution is -2.06. The number of hydrogen-bond donors (Lipinski definition) is 1. The van der Waals surface area contributed by atoms with Gasteiger partial charge in [-0.1, -0.05) is 6.07 Å². The molecule has 0 aromatic carbocycles. The Balaban J connectivity index is 2.58. The van der Waals surface area contributed by atoms with Gasteiger partial charge in [-0.05, 0) is 18.2 Å². The Hall–Kier alpha value is -1.97. The molecule has 0 saturated carbocycles. The van der Waals surface area contributed by atoms with Gasteiger partial charge in [-0.2, -0.15) is 0 Å². The van der Waals surface area contributed by atoms with Crippen molar-refractivity contribution in [3.8, 4) is 11.4 Å². The number of nitrogens with zero attached hydrogens (tertiary/aromatic N) is 1. The predicted molar refractivity (Wildman–Crippen MR) is 50.3 cm³/mol. The summed E-state index contributed by atoms with van der Waals surface area (Å²) in [6, 6.07) is 5.39. The third-order valence-corrected chi connectivity index (χ3v) is 1.74. The van der Waals surface area contributed by atoms with Gasteiger partial charge < -0.3 is 4.98 Å². The molecule has 14 heavy (non-hydrogen) atoms. The van der Waals surface area contributed by atoms with Crippen molar-refractivity contribution in [3.63, 3.8) is 0 Å². The Labute approximate surface area is 80.7 Å². The van der Waals surface area contributed by atoms with Crippen LogP contribution in [-0.4, -0.2) is 9.97 Å². The monoisotopic (exact) mass is 191 g/mol. The minimum absolute atomic E-state index is 0.0440. The second-order valence-corrected chi connectivity index (χ2v) is 2.69. The zero-order valence-corrected chi connectivity index (χ0v) is 7.12. The molecule has 0 saturated heterocycles. The Morgan fingerprint density at radius 3 is 3.00 bits per heavy atom. The molecule has 0 fully saturated rings. The van der Waals surface area contributed by atoms with Crippen molar-refractivity contribution in [1.82, 2.24) is 9.97 Å². The van der Waals surface area contributed by atoms with Crippen LogP contribution in [-0.2, 0) is 0 Å². The van der Waals surface area contributed by atoms with Crippen LogP contribution in [0.25, 0.3) is 11.4 Å². The van der Waals surface area contributed by atoms with Crippen LogP contribution in [0, 0.1) is 5.82 Å². The molecule has 1 N–H and O–H groups in total. The third-order valence-electron chi connectivity index (χ3n) is 1.74. The van der Waals surface area contributed by atoms with Crippen molar-refractivity contribution in [3.05, 3.63) is 52.7 Å². The minimum Gasteiger partial charge on any atom is -0.318 e. The first kappa shape index (κ1) is 7.44. The highest BCUT2D eigenvalue weighted by Gasteiger charge is 2.05. The molecular formula is C10H7FN2O. The van der Waals surface area contributed by atoms with Crippen molar-refractivity contribution >= 4 is 0 Å². The van der Waals surface area contributed by atoms with Gasteiger partial charge in [0, 0.05) is 12.3 Å². The van der Waals surface area contributed by atoms with Crippen LogP contribution in [0.5, 0.6) is 0 Å². The van der Waals surface area contributed by atoms with E-state index in [4.69, 9.17) is 1.37 Å². The highest BCUT2D eigenvalue weighted by atomic mass is 19.1. The van der Waals surface area contributed by atoms with Gasteiger partial charge in [0.1, 0.15) is 11.5 Å². The van der Waals surface area contributed by atoms with Gasteiger partial charge >= 0.3 is 0 Å². The summed E-state index contributed by atoms with van der Waals surface area (Å²) in [5.41, 5.74) is -0.0353. The maximum atomic E-state index is 13.3. The van der Waals surface area contributed by atoms with Crippen molar-refractivity contribution in [1.29, 1.82) is 0 Å². The average molecular weight is 191 g/mol. The molecule has 0 spiro atoms. The van der Waals surface area contributed by atoms with E-state index in [1.165, 1.54) is 18.3 Å². The molecular weight excluding hydrogens is 183 g/mol. The molecule has 0 aliphatic heterocycles. The van der Waals surface area contributed by atoms with Crippen molar-refractivity contribution in [2.75, 3.05) is 0 Å². The Kier molecular flexibility index (Phi) is 1.81. The van der Waals surface area contributed by atoms with Crippen LogP contribution in [0.3, 0.4) is 0 Å². The summed E-state index contributed by atoms with van der Waals surface area (Å²) in [7, 11) is 0. The van der Waals surface area contributed by atoms with E-state index in [1.54, 1.807) is 0 Å². The van der Waals surface area contributed by atoms with E-state index >= 15 is 0 Å². The number of hydrogen-bond acceptors (Lipinski definition) is 2. The largest absolute Gasteiger partial charge is 0.318 e. The average Bonchev–Trinajstić information content (AvgIpc) is 2.23. The summed E-state index contributed by atoms with van der Waals surface area (Å²) >= 11 is 0. The number of pyridine rings is 2. The number of nitrogens with one attached hydrogen (secondary N) is 1. The van der Waals surface area contributed by atoms with E-state index in [1.807, 2.05) is 0 Å². The Morgan fingerprint density at radius 2 is 2.29 bits per heavy atom. The quantitative estimate of drug-likeness (QED) is 0.743. The molecule has 2 heterocycles. The number of aromatic amines is 1. The summed E-state index contributed by atoms with van der Waals surface area (Å²) in [6.07, 6.45) is 1.29. The first-order valence-electron chi connectivity index (χ1n) is 4.48. The molecule has 0 unspecified atom stereocenters. The first-order valence-corrected chi connectivity index (χ1v) is 3.98. The van der Waals surface area contributed by atoms with Crippen LogP contribution >= 0.6 is 0 Å². The topological polar surface area (TPSA) is 45.8 Å². The zero-order chi connectivity index (χ0) is 10.8. The molecule has 3 nitrogen and oxygen atoms in total. The lowest BCUT2D eigenvalue weighted by atomic mass is 10.2. The molecule has 0 aliphatic rings. The van der Waals surface area contributed by atoms with E-state index < -0.39 is 5.82 Å². The molecule has 70 valence electrons. The van der Waals surface area contributed by atoms with Crippen molar-refractivity contribution < 1.29 is 5.76 Å². The van der Waals surface area contributed by atoms with Crippen LogP contribution < -0.4 is 5.56 Å². The van der Waals surface area contributed by atoms with Gasteiger partial charge in [0.2, 0.25) is 5.56 Å². The molecule has 0 amide bonds. The highest BCUT2D eigenvalue weighted by Crippen LogP contribution is 2.14. The van der Waals surface area contributed by atoms with E-state index in [2.05, 4.69) is 9.97 Å². The molecule has 0 atom stereocenters. The molecule has 0 aliphatic carbocycles. The predicted octanol–water partition coefficient (Wildman–Crippen LogP) is 1.58. The van der Waals surface area contributed by atoms with Crippen LogP contribution in [0.4, 0.5) is 4.39 Å². The Morgan fingerprint density at radius 1 is 1.43 bits per heavy atom. The molecule has 0 radical (unpaired) electrons. The first-order chi connectivity index (χ1) is 7.16. The summed E-state index contributed by atoms with van der Waals surface area (Å²) < 4.78 is 20.5. The fourth-order valence-electron chi connectivity index (χ4n) is 1.11. The smallest absolute Gasteiger partial charge is 0.248 e. The second kappa shape index (κ2) is 3.41. The lowest BCUT2D eigenvalue weighted by molar-refractivity contribution is 0.624. The van der Waals surface area contributed by atoms with Crippen LogP contribution in [0.15, 0.2) is 41.3 Å². The maximum absolute atomic E-state index is 13.3. The number of rotatable bonds is 1. The molecule has 4 heteroatoms. The van der Waals surface area contributed by atoms with E-state index in [9.17, 15) is 9.18 Å². The third kappa shape index (κ3) is 1.54. The fraction of sp³-hybridized carbons (Fsp3) is 0. The number of halogens is 1. The Bertz CT molecular complexity index is 536. The molecule has 2 rings (SSSR count). The molecule has 2 aromatic heterocycles. The highest BCUT2D eigenvalue weighted by molar-refractivity contribution is 5.53. The normalized spacial score (nSPS) is 11.1. The standard InChI is InChI=1S/C10H7FN2O/c11-7-4-5-9(14)13-10(7)8-3-1-2-6-12-8/h1-6H,(H,13,14)/i2D. The molecule has 2 aromatic rings. The van der Waals surface area contributed by atoms with Gasteiger partial charge in [-0.25, -0.2) is 4.39 Å². The van der Waals surface area contributed by atoms with E-state index in [0.29, 0.717) is 5.69 Å². The summed E-state index contributed by atoms with van der Waals surface area (Å²) in [5.74, 6) is -0.542. The van der Waals surface area contributed by atoms with Gasteiger partial charge in [0.25, 0.3) is 0 Å². The second-order valence-electron chi connectivity index (χ2n) is 2.69. The minimum atomic E-state index is -0.542. The van der Waals surface area contributed by atoms with Crippen LogP contribution in [0.2, 0.25) is 0 Å². The van der Waals surface area contributed by atoms with Gasteiger partial charge in [0.15, 0.2) is 0 Å². The van der Waals surface area contributed by atoms with Crippen LogP contribution in [0.1, 0.15) is 1.37 Å². The summed E-state index contributed by atoms with van der Waals surface area (Å²) in [4.78, 5) is 17.2. The van der Waals surface area contributed by atoms with E-state index in [-0.39, 0.29) is 17.3 Å². The number of H-pyrrole nitrogens is 1. The fourth-order valence-corrected chi connectivity index (χ4v) is 1.11. The maximum Gasteiger partial charge on any atom is 0.248 e. The van der Waals surface area contributed by atoms with Crippen molar-refractivity contribution in [2.45, 2.75) is 0 Å². The molecule has 0 bridgehead atoms. The van der Waals surface area contributed by atoms with Crippen molar-refractivity contribution in [2.24, 2.45) is 0 Å². The lowest BCUT2D eigenvalue weighted by Gasteiger charge is -2.00. The summed E-state index contributed by atoms with van der Waals surface area (Å²) in [5, 5.41) is 0. The van der Waals surface area contributed by atoms with Gasteiger partial charge in [-0.15, -0.1) is 0 Å².